The summed E-state index contributed by atoms with van der Waals surface area (Å²) in [6.07, 6.45) is 0. The lowest BCUT2D eigenvalue weighted by Crippen LogP contribution is -1.96. The van der Waals surface area contributed by atoms with Crippen LogP contribution < -0.4 is 0 Å². The van der Waals surface area contributed by atoms with Crippen LogP contribution in [-0.2, 0) is 0 Å². The average molecular weight is 562 g/mol. The second-order valence-electron chi connectivity index (χ2n) is 10.9. The van der Waals surface area contributed by atoms with Crippen molar-refractivity contribution < 1.29 is 0 Å². The van der Waals surface area contributed by atoms with Gasteiger partial charge in [-0.25, -0.2) is 15.0 Å². The smallest absolute Gasteiger partial charge is 0.160 e. The zero-order valence-corrected chi connectivity index (χ0v) is 23.9. The third-order valence-electron chi connectivity index (χ3n) is 8.09. The molecule has 0 unspecified atom stereocenters. The van der Waals surface area contributed by atoms with Crippen LogP contribution in [0.25, 0.3) is 78.0 Å². The molecule has 0 amide bonds. The van der Waals surface area contributed by atoms with Crippen molar-refractivity contribution >= 4 is 21.7 Å². The molecule has 6 aromatic carbocycles. The molecule has 0 aliphatic carbocycles. The SMILES string of the molecule is c1ccc(-c2cc(-c3ccc(-c4cc(-c5ccccc5)c5c(ccc6ccccc65)n4)cc3)nc(-c3ccccc3)n2)cc1. The lowest BCUT2D eigenvalue weighted by molar-refractivity contribution is 1.18. The third kappa shape index (κ3) is 4.81. The molecule has 2 heterocycles. The van der Waals surface area contributed by atoms with Gasteiger partial charge in [-0.05, 0) is 40.1 Å². The van der Waals surface area contributed by atoms with E-state index < -0.39 is 0 Å². The highest BCUT2D eigenvalue weighted by Crippen LogP contribution is 2.37. The molecule has 0 spiro atoms. The van der Waals surface area contributed by atoms with Crippen LogP contribution in [0.3, 0.4) is 0 Å². The van der Waals surface area contributed by atoms with Crippen LogP contribution >= 0.6 is 0 Å². The standard InChI is InChI=1S/C41H27N3/c1-4-12-28(13-5-1)35-26-37(42-36-25-24-29-14-10-11-19-34(29)40(35)36)31-20-22-32(23-21-31)39-27-38(30-15-6-2-7-16-30)43-41(44-39)33-17-8-3-9-18-33/h1-27H. The maximum atomic E-state index is 5.17. The van der Waals surface area contributed by atoms with E-state index in [1.165, 1.54) is 27.3 Å². The first-order valence-electron chi connectivity index (χ1n) is 14.8. The van der Waals surface area contributed by atoms with Gasteiger partial charge < -0.3 is 0 Å². The van der Waals surface area contributed by atoms with Crippen molar-refractivity contribution in [3.63, 3.8) is 0 Å². The molecule has 8 aromatic rings. The van der Waals surface area contributed by atoms with Crippen molar-refractivity contribution in [1.29, 1.82) is 0 Å². The minimum atomic E-state index is 0.710. The highest BCUT2D eigenvalue weighted by Gasteiger charge is 2.14. The molecule has 44 heavy (non-hydrogen) atoms. The van der Waals surface area contributed by atoms with Gasteiger partial charge in [0.2, 0.25) is 0 Å². The number of aromatic nitrogens is 3. The molecule has 0 saturated carbocycles. The van der Waals surface area contributed by atoms with E-state index in [4.69, 9.17) is 15.0 Å². The number of pyridine rings is 1. The van der Waals surface area contributed by atoms with Gasteiger partial charge in [0.25, 0.3) is 0 Å². The van der Waals surface area contributed by atoms with Crippen LogP contribution in [0.5, 0.6) is 0 Å². The largest absolute Gasteiger partial charge is 0.248 e. The van der Waals surface area contributed by atoms with E-state index in [9.17, 15) is 0 Å². The Morgan fingerprint density at radius 1 is 0.341 bits per heavy atom. The Labute approximate surface area is 256 Å². The van der Waals surface area contributed by atoms with Gasteiger partial charge in [0, 0.05) is 27.6 Å². The summed E-state index contributed by atoms with van der Waals surface area (Å²) in [5, 5.41) is 3.61. The second-order valence-corrected chi connectivity index (χ2v) is 10.9. The lowest BCUT2D eigenvalue weighted by Gasteiger charge is -2.13. The van der Waals surface area contributed by atoms with Crippen LogP contribution in [0.1, 0.15) is 0 Å². The molecule has 0 radical (unpaired) electrons. The van der Waals surface area contributed by atoms with Crippen molar-refractivity contribution in [2.75, 3.05) is 0 Å². The highest BCUT2D eigenvalue weighted by molar-refractivity contribution is 6.13. The summed E-state index contributed by atoms with van der Waals surface area (Å²) < 4.78 is 0. The second kappa shape index (κ2) is 11.0. The van der Waals surface area contributed by atoms with Crippen LogP contribution in [0.15, 0.2) is 164 Å². The first kappa shape index (κ1) is 25.8. The molecule has 0 saturated heterocycles. The summed E-state index contributed by atoms with van der Waals surface area (Å²) in [5.74, 6) is 0.710. The van der Waals surface area contributed by atoms with Crippen LogP contribution in [0, 0.1) is 0 Å². The van der Waals surface area contributed by atoms with Crippen molar-refractivity contribution in [3.05, 3.63) is 164 Å². The number of nitrogens with zero attached hydrogens (tertiary/aromatic N) is 3. The molecule has 0 atom stereocenters. The predicted octanol–water partition coefficient (Wildman–Crippen LogP) is 10.5. The topological polar surface area (TPSA) is 38.7 Å². The summed E-state index contributed by atoms with van der Waals surface area (Å²) in [7, 11) is 0. The van der Waals surface area contributed by atoms with Crippen molar-refractivity contribution in [3.8, 4) is 56.3 Å². The van der Waals surface area contributed by atoms with Gasteiger partial charge in [0.05, 0.1) is 22.6 Å². The summed E-state index contributed by atoms with van der Waals surface area (Å²) in [6.45, 7) is 0. The minimum Gasteiger partial charge on any atom is -0.248 e. The molecule has 3 heteroatoms. The molecule has 0 N–H and O–H groups in total. The fourth-order valence-electron chi connectivity index (χ4n) is 5.88. The molecule has 0 fully saturated rings. The molecule has 3 nitrogen and oxygen atoms in total. The van der Waals surface area contributed by atoms with E-state index in [2.05, 4.69) is 127 Å². The first-order chi connectivity index (χ1) is 21.8. The van der Waals surface area contributed by atoms with Gasteiger partial charge in [-0.3, -0.25) is 0 Å². The Kier molecular flexibility index (Phi) is 6.47. The van der Waals surface area contributed by atoms with Crippen LogP contribution in [0.4, 0.5) is 0 Å². The fourth-order valence-corrected chi connectivity index (χ4v) is 5.88. The normalized spacial score (nSPS) is 11.2. The molecule has 0 aliphatic heterocycles. The zero-order valence-electron chi connectivity index (χ0n) is 23.9. The van der Waals surface area contributed by atoms with Gasteiger partial charge >= 0.3 is 0 Å². The van der Waals surface area contributed by atoms with Crippen molar-refractivity contribution in [1.82, 2.24) is 15.0 Å². The molecule has 0 bridgehead atoms. The number of benzene rings is 6. The van der Waals surface area contributed by atoms with E-state index in [1.54, 1.807) is 0 Å². The minimum absolute atomic E-state index is 0.710. The molecule has 8 rings (SSSR count). The molecule has 206 valence electrons. The Morgan fingerprint density at radius 2 is 0.841 bits per heavy atom. The quantitative estimate of drug-likeness (QED) is 0.196. The van der Waals surface area contributed by atoms with Crippen molar-refractivity contribution in [2.45, 2.75) is 0 Å². The summed E-state index contributed by atoms with van der Waals surface area (Å²) >= 11 is 0. The van der Waals surface area contributed by atoms with Gasteiger partial charge in [-0.2, -0.15) is 0 Å². The van der Waals surface area contributed by atoms with Crippen LogP contribution in [0.2, 0.25) is 0 Å². The van der Waals surface area contributed by atoms with Gasteiger partial charge in [0.15, 0.2) is 5.82 Å². The number of hydrogen-bond acceptors (Lipinski definition) is 3. The molecule has 2 aromatic heterocycles. The van der Waals surface area contributed by atoms with Crippen LogP contribution in [-0.4, -0.2) is 15.0 Å². The van der Waals surface area contributed by atoms with Gasteiger partial charge in [-0.1, -0.05) is 146 Å². The summed E-state index contributed by atoms with van der Waals surface area (Å²) in [4.78, 5) is 15.1. The number of rotatable bonds is 5. The van der Waals surface area contributed by atoms with E-state index >= 15 is 0 Å². The summed E-state index contributed by atoms with van der Waals surface area (Å²) in [5.41, 5.74) is 10.2. The lowest BCUT2D eigenvalue weighted by atomic mass is 9.94. The molecular weight excluding hydrogens is 534 g/mol. The predicted molar refractivity (Wildman–Crippen MR) is 182 cm³/mol. The maximum absolute atomic E-state index is 5.17. The monoisotopic (exact) mass is 561 g/mol. The van der Waals surface area contributed by atoms with Gasteiger partial charge in [-0.15, -0.1) is 0 Å². The Hall–Kier alpha value is -5.93. The average Bonchev–Trinajstić information content (AvgIpc) is 3.12. The van der Waals surface area contributed by atoms with E-state index in [1.807, 2.05) is 36.4 Å². The van der Waals surface area contributed by atoms with Crippen molar-refractivity contribution in [2.24, 2.45) is 0 Å². The maximum Gasteiger partial charge on any atom is 0.160 e. The fraction of sp³-hybridized carbons (Fsp3) is 0. The Balaban J connectivity index is 1.25. The zero-order chi connectivity index (χ0) is 29.3. The molecular formula is C41H27N3. The highest BCUT2D eigenvalue weighted by atomic mass is 14.9. The number of fused-ring (bicyclic) bond motifs is 3. The Bertz CT molecular complexity index is 2190. The van der Waals surface area contributed by atoms with E-state index in [-0.39, 0.29) is 0 Å². The van der Waals surface area contributed by atoms with E-state index in [0.717, 1.165) is 44.9 Å². The number of hydrogen-bond donors (Lipinski definition) is 0. The third-order valence-corrected chi connectivity index (χ3v) is 8.09. The molecule has 0 aliphatic rings. The van der Waals surface area contributed by atoms with E-state index in [0.29, 0.717) is 5.82 Å². The van der Waals surface area contributed by atoms with Gasteiger partial charge in [0.1, 0.15) is 0 Å². The first-order valence-corrected chi connectivity index (χ1v) is 14.8. The summed E-state index contributed by atoms with van der Waals surface area (Å²) in [6, 6.07) is 56.7. The Morgan fingerprint density at radius 3 is 1.48 bits per heavy atom.